The Morgan fingerprint density at radius 2 is 2.19 bits per heavy atom. The van der Waals surface area contributed by atoms with Crippen LogP contribution in [0, 0.1) is 11.3 Å². The van der Waals surface area contributed by atoms with Gasteiger partial charge in [-0.25, -0.2) is 9.48 Å². The second kappa shape index (κ2) is 5.13. The number of ether oxygens (including phenoxy) is 1. The van der Waals surface area contributed by atoms with E-state index in [9.17, 15) is 4.79 Å². The van der Waals surface area contributed by atoms with Crippen molar-refractivity contribution in [1.29, 1.82) is 5.26 Å². The molecule has 0 fully saturated rings. The highest BCUT2D eigenvalue weighted by Crippen LogP contribution is 2.19. The molecule has 6 heteroatoms. The third-order valence-electron chi connectivity index (χ3n) is 3.21. The molecular weight excluding hydrogens is 268 g/mol. The van der Waals surface area contributed by atoms with E-state index in [1.54, 1.807) is 30.5 Å². The van der Waals surface area contributed by atoms with Crippen molar-refractivity contribution in [2.75, 3.05) is 7.11 Å². The van der Waals surface area contributed by atoms with Crippen LogP contribution in [-0.2, 0) is 6.54 Å². The number of nitrogens with zero attached hydrogens (tertiary/aromatic N) is 4. The molecule has 3 aromatic rings. The Labute approximate surface area is 120 Å². The standard InChI is InChI=1S/C15H12N4O2/c1-21-13-6-5-11(8-12(13)9-16)10-19-15(20)18-7-3-2-4-14(18)17-19/h2-8H,10H2,1H3. The van der Waals surface area contributed by atoms with Gasteiger partial charge in [0.2, 0.25) is 0 Å². The fourth-order valence-electron chi connectivity index (χ4n) is 2.18. The van der Waals surface area contributed by atoms with Crippen LogP contribution in [0.15, 0.2) is 47.4 Å². The highest BCUT2D eigenvalue weighted by Gasteiger charge is 2.08. The minimum atomic E-state index is -0.208. The van der Waals surface area contributed by atoms with Gasteiger partial charge in [-0.15, -0.1) is 5.10 Å². The van der Waals surface area contributed by atoms with Crippen LogP contribution >= 0.6 is 0 Å². The topological polar surface area (TPSA) is 72.3 Å². The summed E-state index contributed by atoms with van der Waals surface area (Å²) in [5.41, 5.74) is 1.64. The summed E-state index contributed by atoms with van der Waals surface area (Å²) in [5.74, 6) is 0.517. The van der Waals surface area contributed by atoms with Crippen LogP contribution in [0.2, 0.25) is 0 Å². The van der Waals surface area contributed by atoms with Crippen LogP contribution in [0.3, 0.4) is 0 Å². The van der Waals surface area contributed by atoms with E-state index in [0.29, 0.717) is 23.5 Å². The van der Waals surface area contributed by atoms with Crippen LogP contribution in [0.25, 0.3) is 5.65 Å². The molecule has 0 unspecified atom stereocenters. The maximum atomic E-state index is 12.2. The lowest BCUT2D eigenvalue weighted by Crippen LogP contribution is -2.21. The zero-order valence-corrected chi connectivity index (χ0v) is 11.4. The van der Waals surface area contributed by atoms with E-state index in [-0.39, 0.29) is 5.69 Å². The van der Waals surface area contributed by atoms with Crippen molar-refractivity contribution >= 4 is 5.65 Å². The second-order valence-corrected chi connectivity index (χ2v) is 4.52. The van der Waals surface area contributed by atoms with E-state index in [4.69, 9.17) is 10.00 Å². The maximum absolute atomic E-state index is 12.2. The Balaban J connectivity index is 2.01. The van der Waals surface area contributed by atoms with Crippen molar-refractivity contribution in [3.05, 3.63) is 64.2 Å². The van der Waals surface area contributed by atoms with Crippen LogP contribution < -0.4 is 10.4 Å². The Hall–Kier alpha value is -3.07. The van der Waals surface area contributed by atoms with Gasteiger partial charge in [-0.3, -0.25) is 4.40 Å². The molecule has 0 atom stereocenters. The van der Waals surface area contributed by atoms with E-state index in [2.05, 4.69) is 11.2 Å². The van der Waals surface area contributed by atoms with E-state index in [1.807, 2.05) is 12.1 Å². The number of aromatic nitrogens is 3. The van der Waals surface area contributed by atoms with E-state index in [1.165, 1.54) is 16.2 Å². The maximum Gasteiger partial charge on any atom is 0.350 e. The van der Waals surface area contributed by atoms with Crippen LogP contribution in [0.4, 0.5) is 0 Å². The third-order valence-corrected chi connectivity index (χ3v) is 3.21. The van der Waals surface area contributed by atoms with Crippen molar-refractivity contribution in [3.8, 4) is 11.8 Å². The van der Waals surface area contributed by atoms with Crippen molar-refractivity contribution in [3.63, 3.8) is 0 Å². The number of methoxy groups -OCH3 is 1. The summed E-state index contributed by atoms with van der Waals surface area (Å²) < 4.78 is 7.96. The van der Waals surface area contributed by atoms with Crippen molar-refractivity contribution in [2.24, 2.45) is 0 Å². The Kier molecular flexibility index (Phi) is 3.16. The molecule has 1 aromatic carbocycles. The highest BCUT2D eigenvalue weighted by atomic mass is 16.5. The molecular formula is C15H12N4O2. The number of hydrogen-bond acceptors (Lipinski definition) is 4. The molecule has 0 N–H and O–H groups in total. The Morgan fingerprint density at radius 1 is 1.33 bits per heavy atom. The molecule has 0 aliphatic heterocycles. The predicted molar refractivity (Wildman–Crippen MR) is 76.3 cm³/mol. The summed E-state index contributed by atoms with van der Waals surface area (Å²) in [7, 11) is 1.52. The van der Waals surface area contributed by atoms with Crippen LogP contribution in [0.1, 0.15) is 11.1 Å². The Bertz CT molecular complexity index is 902. The number of fused-ring (bicyclic) bond motifs is 1. The SMILES string of the molecule is COc1ccc(Cn2nc3ccccn3c2=O)cc1C#N. The largest absolute Gasteiger partial charge is 0.495 e. The molecule has 0 bridgehead atoms. The molecule has 0 saturated heterocycles. The smallest absolute Gasteiger partial charge is 0.350 e. The van der Waals surface area contributed by atoms with Crippen molar-refractivity contribution in [2.45, 2.75) is 6.54 Å². The molecule has 3 rings (SSSR count). The fraction of sp³-hybridized carbons (Fsp3) is 0.133. The summed E-state index contributed by atoms with van der Waals surface area (Å²) in [5, 5.41) is 13.3. The monoisotopic (exact) mass is 280 g/mol. The molecule has 0 spiro atoms. The van der Waals surface area contributed by atoms with E-state index in [0.717, 1.165) is 5.56 Å². The first kappa shape index (κ1) is 12.9. The fourth-order valence-corrected chi connectivity index (χ4v) is 2.18. The second-order valence-electron chi connectivity index (χ2n) is 4.52. The summed E-state index contributed by atoms with van der Waals surface area (Å²) in [6.07, 6.45) is 1.68. The van der Waals surface area contributed by atoms with Gasteiger partial charge in [-0.2, -0.15) is 5.26 Å². The molecule has 0 amide bonds. The number of hydrogen-bond donors (Lipinski definition) is 0. The molecule has 21 heavy (non-hydrogen) atoms. The highest BCUT2D eigenvalue weighted by molar-refractivity contribution is 5.45. The summed E-state index contributed by atoms with van der Waals surface area (Å²) in [6, 6.07) is 12.7. The van der Waals surface area contributed by atoms with Gasteiger partial charge in [-0.05, 0) is 29.8 Å². The molecule has 2 heterocycles. The lowest BCUT2D eigenvalue weighted by molar-refractivity contribution is 0.413. The van der Waals surface area contributed by atoms with Gasteiger partial charge in [0.1, 0.15) is 11.8 Å². The summed E-state index contributed by atoms with van der Waals surface area (Å²) in [4.78, 5) is 12.2. The lowest BCUT2D eigenvalue weighted by Gasteiger charge is -2.05. The van der Waals surface area contributed by atoms with E-state index < -0.39 is 0 Å². The van der Waals surface area contributed by atoms with Gasteiger partial charge < -0.3 is 4.74 Å². The first-order chi connectivity index (χ1) is 10.2. The van der Waals surface area contributed by atoms with Gasteiger partial charge in [0, 0.05) is 6.20 Å². The molecule has 0 aliphatic rings. The van der Waals surface area contributed by atoms with Gasteiger partial charge >= 0.3 is 5.69 Å². The minimum absolute atomic E-state index is 0.208. The Morgan fingerprint density at radius 3 is 2.90 bits per heavy atom. The first-order valence-corrected chi connectivity index (χ1v) is 6.34. The molecule has 2 aromatic heterocycles. The van der Waals surface area contributed by atoms with Gasteiger partial charge in [-0.1, -0.05) is 12.1 Å². The van der Waals surface area contributed by atoms with E-state index >= 15 is 0 Å². The van der Waals surface area contributed by atoms with Crippen LogP contribution in [-0.4, -0.2) is 21.3 Å². The summed E-state index contributed by atoms with van der Waals surface area (Å²) >= 11 is 0. The molecule has 6 nitrogen and oxygen atoms in total. The molecule has 0 aliphatic carbocycles. The van der Waals surface area contributed by atoms with Crippen molar-refractivity contribution < 1.29 is 4.74 Å². The average molecular weight is 280 g/mol. The lowest BCUT2D eigenvalue weighted by atomic mass is 10.1. The number of rotatable bonds is 3. The number of pyridine rings is 1. The summed E-state index contributed by atoms with van der Waals surface area (Å²) in [6.45, 7) is 0.305. The molecule has 0 radical (unpaired) electrons. The van der Waals surface area contributed by atoms with Crippen LogP contribution in [0.5, 0.6) is 5.75 Å². The van der Waals surface area contributed by atoms with Gasteiger partial charge in [0.15, 0.2) is 5.65 Å². The zero-order valence-electron chi connectivity index (χ0n) is 11.4. The molecule has 0 saturated carbocycles. The van der Waals surface area contributed by atoms with Crippen molar-refractivity contribution in [1.82, 2.24) is 14.2 Å². The van der Waals surface area contributed by atoms with Gasteiger partial charge in [0.25, 0.3) is 0 Å². The average Bonchev–Trinajstić information content (AvgIpc) is 2.84. The molecule has 104 valence electrons. The zero-order chi connectivity index (χ0) is 14.8. The van der Waals surface area contributed by atoms with Gasteiger partial charge in [0.05, 0.1) is 19.2 Å². The quantitative estimate of drug-likeness (QED) is 0.727. The number of nitriles is 1. The normalized spacial score (nSPS) is 10.5. The first-order valence-electron chi connectivity index (χ1n) is 6.34. The minimum Gasteiger partial charge on any atom is -0.495 e. The number of benzene rings is 1. The third kappa shape index (κ3) is 2.25. The predicted octanol–water partition coefficient (Wildman–Crippen LogP) is 1.42.